The number of methoxy groups -OCH3 is 1. The third-order valence-electron chi connectivity index (χ3n) is 2.00. The highest BCUT2D eigenvalue weighted by molar-refractivity contribution is 7.85. The molecule has 0 aliphatic carbocycles. The molecule has 0 N–H and O–H groups in total. The van der Waals surface area contributed by atoms with E-state index in [1.165, 1.54) is 12.1 Å². The number of benzene rings is 1. The summed E-state index contributed by atoms with van der Waals surface area (Å²) in [6, 6.07) is 5.81. The van der Waals surface area contributed by atoms with Crippen LogP contribution in [0.3, 0.4) is 0 Å². The van der Waals surface area contributed by atoms with Crippen LogP contribution in [0, 0.1) is 5.82 Å². The topological polar surface area (TPSA) is 26.3 Å². The molecule has 84 valence electrons. The molecule has 0 aliphatic rings. The first-order valence-electron chi connectivity index (χ1n) is 4.87. The molecule has 0 spiro atoms. The summed E-state index contributed by atoms with van der Waals surface area (Å²) in [7, 11) is 0.632. The summed E-state index contributed by atoms with van der Waals surface area (Å²) in [4.78, 5) is 0.689. The molecular weight excluding hydrogens is 215 g/mol. The van der Waals surface area contributed by atoms with E-state index in [0.717, 1.165) is 12.8 Å². The van der Waals surface area contributed by atoms with Crippen LogP contribution in [-0.2, 0) is 15.5 Å². The van der Waals surface area contributed by atoms with Crippen LogP contribution < -0.4 is 0 Å². The van der Waals surface area contributed by atoms with Gasteiger partial charge in [-0.15, -0.1) is 0 Å². The quantitative estimate of drug-likeness (QED) is 0.701. The maximum atomic E-state index is 12.6. The molecule has 0 aliphatic heterocycles. The SMILES string of the molecule is COCCCCS(=O)c1ccc(F)cc1. The van der Waals surface area contributed by atoms with Crippen molar-refractivity contribution in [1.29, 1.82) is 0 Å². The van der Waals surface area contributed by atoms with Crippen LogP contribution in [0.1, 0.15) is 12.8 Å². The summed E-state index contributed by atoms with van der Waals surface area (Å²) in [5.74, 6) is 0.310. The Balaban J connectivity index is 2.37. The van der Waals surface area contributed by atoms with Gasteiger partial charge in [-0.05, 0) is 37.1 Å². The monoisotopic (exact) mass is 230 g/mol. The Bertz CT molecular complexity index is 311. The molecular formula is C11H15FO2S. The lowest BCUT2D eigenvalue weighted by Gasteiger charge is -2.02. The zero-order chi connectivity index (χ0) is 11.1. The largest absolute Gasteiger partial charge is 0.385 e. The summed E-state index contributed by atoms with van der Waals surface area (Å²) in [5, 5.41) is 0. The van der Waals surface area contributed by atoms with Crippen molar-refractivity contribution in [3.05, 3.63) is 30.1 Å². The van der Waals surface area contributed by atoms with Crippen molar-refractivity contribution in [1.82, 2.24) is 0 Å². The predicted octanol–water partition coefficient (Wildman–Crippen LogP) is 2.36. The molecule has 0 radical (unpaired) electrons. The Morgan fingerprint density at radius 2 is 1.93 bits per heavy atom. The van der Waals surface area contributed by atoms with Crippen LogP contribution in [0.15, 0.2) is 29.2 Å². The Kier molecular flexibility index (Phi) is 5.50. The number of rotatable bonds is 6. The van der Waals surface area contributed by atoms with Gasteiger partial charge in [-0.2, -0.15) is 0 Å². The van der Waals surface area contributed by atoms with E-state index in [1.54, 1.807) is 19.2 Å². The minimum absolute atomic E-state index is 0.296. The van der Waals surface area contributed by atoms with Crippen molar-refractivity contribution in [2.45, 2.75) is 17.7 Å². The Morgan fingerprint density at radius 3 is 2.53 bits per heavy atom. The van der Waals surface area contributed by atoms with Gasteiger partial charge in [0.15, 0.2) is 0 Å². The lowest BCUT2D eigenvalue weighted by atomic mass is 10.3. The van der Waals surface area contributed by atoms with Crippen LogP contribution in [0.25, 0.3) is 0 Å². The summed E-state index contributed by atoms with van der Waals surface area (Å²) in [6.45, 7) is 0.695. The molecule has 1 aromatic carbocycles. The van der Waals surface area contributed by atoms with Crippen molar-refractivity contribution in [3.63, 3.8) is 0 Å². The molecule has 1 unspecified atom stereocenters. The smallest absolute Gasteiger partial charge is 0.123 e. The van der Waals surface area contributed by atoms with Gasteiger partial charge in [0.05, 0.1) is 10.8 Å². The fraction of sp³-hybridized carbons (Fsp3) is 0.455. The van der Waals surface area contributed by atoms with Crippen molar-refractivity contribution in [3.8, 4) is 0 Å². The van der Waals surface area contributed by atoms with Crippen LogP contribution in [-0.4, -0.2) is 23.7 Å². The maximum Gasteiger partial charge on any atom is 0.123 e. The van der Waals surface area contributed by atoms with Crippen molar-refractivity contribution >= 4 is 10.8 Å². The van der Waals surface area contributed by atoms with Gasteiger partial charge in [-0.25, -0.2) is 4.39 Å². The predicted molar refractivity (Wildman–Crippen MR) is 58.8 cm³/mol. The molecule has 4 heteroatoms. The van der Waals surface area contributed by atoms with Gasteiger partial charge in [0.1, 0.15) is 5.82 Å². The highest BCUT2D eigenvalue weighted by atomic mass is 32.2. The summed E-state index contributed by atoms with van der Waals surface area (Å²) in [5.41, 5.74) is 0. The molecule has 1 atom stereocenters. The first kappa shape index (κ1) is 12.3. The number of ether oxygens (including phenoxy) is 1. The van der Waals surface area contributed by atoms with Gasteiger partial charge in [-0.1, -0.05) is 0 Å². The zero-order valence-electron chi connectivity index (χ0n) is 8.74. The van der Waals surface area contributed by atoms with Gasteiger partial charge in [-0.3, -0.25) is 4.21 Å². The first-order chi connectivity index (χ1) is 7.24. The molecule has 0 amide bonds. The lowest BCUT2D eigenvalue weighted by Crippen LogP contribution is -2.00. The molecule has 2 nitrogen and oxygen atoms in total. The van der Waals surface area contributed by atoms with Crippen LogP contribution in [0.2, 0.25) is 0 Å². The maximum absolute atomic E-state index is 12.6. The van der Waals surface area contributed by atoms with E-state index >= 15 is 0 Å². The van der Waals surface area contributed by atoms with E-state index in [2.05, 4.69) is 0 Å². The Hall–Kier alpha value is -0.740. The molecule has 0 heterocycles. The highest BCUT2D eigenvalue weighted by Crippen LogP contribution is 2.09. The number of unbranched alkanes of at least 4 members (excludes halogenated alkanes) is 1. The van der Waals surface area contributed by atoms with E-state index in [-0.39, 0.29) is 5.82 Å². The third-order valence-corrected chi connectivity index (χ3v) is 3.46. The molecule has 1 aromatic rings. The lowest BCUT2D eigenvalue weighted by molar-refractivity contribution is 0.194. The number of hydrogen-bond donors (Lipinski definition) is 0. The summed E-state index contributed by atoms with van der Waals surface area (Å²) < 4.78 is 29.2. The molecule has 15 heavy (non-hydrogen) atoms. The Labute approximate surface area is 91.9 Å². The average molecular weight is 230 g/mol. The van der Waals surface area contributed by atoms with Gasteiger partial charge in [0.25, 0.3) is 0 Å². The molecule has 0 aromatic heterocycles. The summed E-state index contributed by atoms with van der Waals surface area (Å²) >= 11 is 0. The minimum atomic E-state index is -1.02. The fourth-order valence-corrected chi connectivity index (χ4v) is 2.33. The number of hydrogen-bond acceptors (Lipinski definition) is 2. The fourth-order valence-electron chi connectivity index (χ4n) is 1.18. The molecule has 0 saturated carbocycles. The summed E-state index contributed by atoms with van der Waals surface area (Å²) in [6.07, 6.45) is 1.77. The van der Waals surface area contributed by atoms with Crippen molar-refractivity contribution < 1.29 is 13.3 Å². The highest BCUT2D eigenvalue weighted by Gasteiger charge is 2.03. The first-order valence-corrected chi connectivity index (χ1v) is 6.19. The molecule has 0 fully saturated rings. The third kappa shape index (κ3) is 4.53. The molecule has 0 saturated heterocycles. The average Bonchev–Trinajstić information content (AvgIpc) is 2.25. The number of halogens is 1. The zero-order valence-corrected chi connectivity index (χ0v) is 9.56. The van der Waals surface area contributed by atoms with Crippen LogP contribution >= 0.6 is 0 Å². The van der Waals surface area contributed by atoms with E-state index in [0.29, 0.717) is 17.3 Å². The van der Waals surface area contributed by atoms with Gasteiger partial charge in [0, 0.05) is 24.4 Å². The normalized spacial score (nSPS) is 12.7. The van der Waals surface area contributed by atoms with Crippen molar-refractivity contribution in [2.24, 2.45) is 0 Å². The van der Waals surface area contributed by atoms with Crippen molar-refractivity contribution in [2.75, 3.05) is 19.5 Å². The second kappa shape index (κ2) is 6.69. The van der Waals surface area contributed by atoms with E-state index < -0.39 is 10.8 Å². The second-order valence-corrected chi connectivity index (χ2v) is 4.77. The van der Waals surface area contributed by atoms with E-state index in [4.69, 9.17) is 4.74 Å². The standard InChI is InChI=1S/C11H15FO2S/c1-14-8-2-3-9-15(13)11-6-4-10(12)5-7-11/h4-7H,2-3,8-9H2,1H3. The van der Waals surface area contributed by atoms with E-state index in [1.807, 2.05) is 0 Å². The minimum Gasteiger partial charge on any atom is -0.385 e. The molecule has 0 bridgehead atoms. The van der Waals surface area contributed by atoms with Crippen LogP contribution in [0.5, 0.6) is 0 Å². The van der Waals surface area contributed by atoms with E-state index in [9.17, 15) is 8.60 Å². The van der Waals surface area contributed by atoms with Crippen LogP contribution in [0.4, 0.5) is 4.39 Å². The Morgan fingerprint density at radius 1 is 1.27 bits per heavy atom. The second-order valence-electron chi connectivity index (χ2n) is 3.20. The molecule has 1 rings (SSSR count). The van der Waals surface area contributed by atoms with Gasteiger partial charge in [0.2, 0.25) is 0 Å². The van der Waals surface area contributed by atoms with Gasteiger partial charge >= 0.3 is 0 Å². The van der Waals surface area contributed by atoms with Gasteiger partial charge < -0.3 is 4.74 Å².